The predicted octanol–water partition coefficient (Wildman–Crippen LogP) is 2.87. The number of amides is 2. The molecule has 0 fully saturated rings. The summed E-state index contributed by atoms with van der Waals surface area (Å²) in [5.41, 5.74) is 0.433. The molecule has 0 saturated carbocycles. The highest BCUT2D eigenvalue weighted by Gasteiger charge is 2.15. The molecule has 0 saturated heterocycles. The van der Waals surface area contributed by atoms with Crippen LogP contribution in [0.15, 0.2) is 12.1 Å². The summed E-state index contributed by atoms with van der Waals surface area (Å²) in [5, 5.41) is 5.38. The van der Waals surface area contributed by atoms with Gasteiger partial charge in [0, 0.05) is 34.4 Å². The van der Waals surface area contributed by atoms with E-state index in [1.54, 1.807) is 13.2 Å². The van der Waals surface area contributed by atoms with Crippen molar-refractivity contribution >= 4 is 40.0 Å². The number of rotatable bonds is 5. The Hall–Kier alpha value is -0.850. The molecule has 2 unspecified atom stereocenters. The number of carbonyl (C=O) groups excluding carboxylic acids is 1. The van der Waals surface area contributed by atoms with Gasteiger partial charge in [-0.05, 0) is 24.6 Å². The van der Waals surface area contributed by atoms with Crippen LogP contribution in [0.3, 0.4) is 0 Å². The molecule has 0 aliphatic heterocycles. The summed E-state index contributed by atoms with van der Waals surface area (Å²) in [6.07, 6.45) is 1.55. The van der Waals surface area contributed by atoms with Gasteiger partial charge in [-0.15, -0.1) is 0 Å². The summed E-state index contributed by atoms with van der Waals surface area (Å²) >= 11 is 11.6. The molecule has 0 heterocycles. The van der Waals surface area contributed by atoms with E-state index in [-0.39, 0.29) is 10.0 Å². The van der Waals surface area contributed by atoms with Crippen LogP contribution in [-0.2, 0) is 10.8 Å². The summed E-state index contributed by atoms with van der Waals surface area (Å²) in [6, 6.07) is 1.57. The van der Waals surface area contributed by atoms with E-state index in [1.165, 1.54) is 12.1 Å². The van der Waals surface area contributed by atoms with Gasteiger partial charge in [0.25, 0.3) is 0 Å². The van der Waals surface area contributed by atoms with E-state index in [1.807, 2.05) is 0 Å². The quantitative estimate of drug-likeness (QED) is 0.809. The van der Waals surface area contributed by atoms with Crippen LogP contribution in [-0.4, -0.2) is 28.8 Å². The van der Waals surface area contributed by atoms with Gasteiger partial charge in [-0.3, -0.25) is 4.21 Å². The molecule has 1 rings (SSSR count). The van der Waals surface area contributed by atoms with E-state index in [0.717, 1.165) is 0 Å². The largest absolute Gasteiger partial charge is 0.337 e. The van der Waals surface area contributed by atoms with Crippen LogP contribution in [0.2, 0.25) is 10.0 Å². The Labute approximate surface area is 129 Å². The van der Waals surface area contributed by atoms with Gasteiger partial charge in [0.15, 0.2) is 0 Å². The van der Waals surface area contributed by atoms with Gasteiger partial charge in [-0.25, -0.2) is 9.18 Å². The Morgan fingerprint density at radius 2 is 2.05 bits per heavy atom. The van der Waals surface area contributed by atoms with E-state index in [0.29, 0.717) is 17.9 Å². The second-order valence-electron chi connectivity index (χ2n) is 4.19. The predicted molar refractivity (Wildman–Crippen MR) is 80.3 cm³/mol. The first-order valence-electron chi connectivity index (χ1n) is 5.80. The van der Waals surface area contributed by atoms with Crippen LogP contribution >= 0.6 is 23.2 Å². The zero-order chi connectivity index (χ0) is 15.3. The first-order valence-corrected chi connectivity index (χ1v) is 8.28. The summed E-state index contributed by atoms with van der Waals surface area (Å²) in [5.74, 6) is -0.223. The van der Waals surface area contributed by atoms with Gasteiger partial charge in [0.2, 0.25) is 0 Å². The topological polar surface area (TPSA) is 58.2 Å². The molecule has 0 aromatic heterocycles. The number of hydrogen-bond donors (Lipinski definition) is 2. The third-order valence-electron chi connectivity index (χ3n) is 2.53. The lowest BCUT2D eigenvalue weighted by Crippen LogP contribution is -2.38. The van der Waals surface area contributed by atoms with Crippen LogP contribution in [0, 0.1) is 5.82 Å². The van der Waals surface area contributed by atoms with Crippen LogP contribution < -0.4 is 10.6 Å². The minimum atomic E-state index is -0.968. The molecule has 112 valence electrons. The lowest BCUT2D eigenvalue weighted by atomic mass is 10.1. The molecule has 8 heteroatoms. The fraction of sp³-hybridized carbons (Fsp3) is 0.417. The Morgan fingerprint density at radius 1 is 1.40 bits per heavy atom. The number of nitrogens with one attached hydrogen (secondary N) is 2. The highest BCUT2D eigenvalue weighted by Crippen LogP contribution is 2.28. The number of benzene rings is 1. The third-order valence-corrected chi connectivity index (χ3v) is 3.92. The third kappa shape index (κ3) is 5.26. The number of urea groups is 1. The van der Waals surface area contributed by atoms with Crippen molar-refractivity contribution in [1.82, 2.24) is 10.6 Å². The Balaban J connectivity index is 2.62. The Morgan fingerprint density at radius 3 is 2.65 bits per heavy atom. The van der Waals surface area contributed by atoms with Crippen LogP contribution in [0.25, 0.3) is 0 Å². The van der Waals surface area contributed by atoms with E-state index in [2.05, 4.69) is 10.6 Å². The molecular weight excluding hydrogens is 326 g/mol. The minimum absolute atomic E-state index is 0.0687. The van der Waals surface area contributed by atoms with Crippen molar-refractivity contribution in [1.29, 1.82) is 0 Å². The first-order chi connectivity index (χ1) is 9.31. The van der Waals surface area contributed by atoms with Gasteiger partial charge < -0.3 is 10.6 Å². The number of carbonyl (C=O) groups is 1. The zero-order valence-corrected chi connectivity index (χ0v) is 13.3. The highest BCUT2D eigenvalue weighted by molar-refractivity contribution is 7.84. The van der Waals surface area contributed by atoms with Crippen LogP contribution in [0.5, 0.6) is 0 Å². The molecule has 2 atom stereocenters. The summed E-state index contributed by atoms with van der Waals surface area (Å²) in [4.78, 5) is 11.6. The van der Waals surface area contributed by atoms with Gasteiger partial charge in [0.05, 0.1) is 11.1 Å². The summed E-state index contributed by atoms with van der Waals surface area (Å²) < 4.78 is 24.2. The van der Waals surface area contributed by atoms with Crippen molar-refractivity contribution in [2.24, 2.45) is 0 Å². The van der Waals surface area contributed by atoms with Gasteiger partial charge in [-0.1, -0.05) is 23.2 Å². The summed E-state index contributed by atoms with van der Waals surface area (Å²) in [7, 11) is -0.968. The van der Waals surface area contributed by atoms with Crippen molar-refractivity contribution in [3.05, 3.63) is 33.6 Å². The molecule has 4 nitrogen and oxygen atoms in total. The lowest BCUT2D eigenvalue weighted by Gasteiger charge is -2.16. The molecule has 20 heavy (non-hydrogen) atoms. The van der Waals surface area contributed by atoms with Crippen LogP contribution in [0.1, 0.15) is 18.5 Å². The maximum atomic E-state index is 13.4. The summed E-state index contributed by atoms with van der Waals surface area (Å²) in [6.45, 7) is 1.97. The average molecular weight is 341 g/mol. The average Bonchev–Trinajstić information content (AvgIpc) is 2.33. The zero-order valence-electron chi connectivity index (χ0n) is 11.0. The van der Waals surface area contributed by atoms with Crippen LogP contribution in [0.4, 0.5) is 9.18 Å². The van der Waals surface area contributed by atoms with Crippen molar-refractivity contribution in [3.63, 3.8) is 0 Å². The SMILES string of the molecule is CC(NC(=O)NCCS(C)=O)c1cc(F)c(Cl)cc1Cl. The monoisotopic (exact) mass is 340 g/mol. The van der Waals surface area contributed by atoms with Crippen molar-refractivity contribution < 1.29 is 13.4 Å². The smallest absolute Gasteiger partial charge is 0.315 e. The van der Waals surface area contributed by atoms with E-state index in [9.17, 15) is 13.4 Å². The van der Waals surface area contributed by atoms with Crippen molar-refractivity contribution in [2.45, 2.75) is 13.0 Å². The molecule has 0 spiro atoms. The number of halogens is 3. The molecule has 1 aromatic rings. The standard InChI is InChI=1S/C12H15Cl2FN2O2S/c1-7(17-12(18)16-3-4-20(2)19)8-5-11(15)10(14)6-9(8)13/h5-7H,3-4H2,1-2H3,(H2,16,17,18). The van der Waals surface area contributed by atoms with Gasteiger partial charge in [0.1, 0.15) is 5.82 Å². The first kappa shape index (κ1) is 17.2. The molecular formula is C12H15Cl2FN2O2S. The van der Waals surface area contributed by atoms with E-state index >= 15 is 0 Å². The lowest BCUT2D eigenvalue weighted by molar-refractivity contribution is 0.238. The maximum absolute atomic E-state index is 13.4. The van der Waals surface area contributed by atoms with E-state index in [4.69, 9.17) is 23.2 Å². The number of hydrogen-bond acceptors (Lipinski definition) is 2. The van der Waals surface area contributed by atoms with Gasteiger partial charge in [-0.2, -0.15) is 0 Å². The Bertz CT molecular complexity index is 528. The fourth-order valence-electron chi connectivity index (χ4n) is 1.50. The second kappa shape index (κ2) is 7.81. The van der Waals surface area contributed by atoms with Crippen molar-refractivity contribution in [2.75, 3.05) is 18.6 Å². The minimum Gasteiger partial charge on any atom is -0.337 e. The van der Waals surface area contributed by atoms with Gasteiger partial charge >= 0.3 is 6.03 Å². The fourth-order valence-corrected chi connectivity index (χ4v) is 2.44. The molecule has 0 aliphatic rings. The normalized spacial score (nSPS) is 13.7. The molecule has 0 bridgehead atoms. The molecule has 2 N–H and O–H groups in total. The molecule has 2 amide bonds. The molecule has 0 radical (unpaired) electrons. The molecule has 0 aliphatic carbocycles. The molecule has 1 aromatic carbocycles. The Kier molecular flexibility index (Phi) is 6.71. The maximum Gasteiger partial charge on any atom is 0.315 e. The van der Waals surface area contributed by atoms with Crippen molar-refractivity contribution in [3.8, 4) is 0 Å². The second-order valence-corrected chi connectivity index (χ2v) is 6.56. The highest BCUT2D eigenvalue weighted by atomic mass is 35.5. The van der Waals surface area contributed by atoms with E-state index < -0.39 is 28.7 Å².